The molecule has 44 nitrogen and oxygen atoms in total. The Bertz CT molecular complexity index is 2880. The summed E-state index contributed by atoms with van der Waals surface area (Å²) in [6.07, 6.45) is -60.4. The largest absolute Gasteiger partial charge is 0.394 e. The summed E-state index contributed by atoms with van der Waals surface area (Å²) in [6, 6.07) is -5.05. The van der Waals surface area contributed by atoms with E-state index in [1.165, 1.54) is 64.9 Å². The number of unbranched alkanes of at least 4 members (excludes halogenated alkanes) is 11. The highest BCUT2D eigenvalue weighted by atomic mass is 16.8. The van der Waals surface area contributed by atoms with Crippen molar-refractivity contribution in [1.82, 2.24) is 16.0 Å². The molecule has 44 heteroatoms. The molecule has 25 N–H and O–H groups in total. The average molecular weight is 1670 g/mol. The number of rotatable bonds is 41. The van der Waals surface area contributed by atoms with Gasteiger partial charge < -0.3 is 204 Å². The van der Waals surface area contributed by atoms with Gasteiger partial charge in [0.2, 0.25) is 18.2 Å². The molecule has 8 saturated heterocycles. The lowest BCUT2D eigenvalue weighted by atomic mass is 9.93. The second-order valence-electron chi connectivity index (χ2n) is 30.3. The summed E-state index contributed by atoms with van der Waals surface area (Å²) in [5.74, 6) is -1.91. The molecule has 42 atom stereocenters. The maximum Gasteiger partial charge on any atom is 0.217 e. The molecule has 0 aliphatic carbocycles. The summed E-state index contributed by atoms with van der Waals surface area (Å²) in [5, 5.41) is 254. The van der Waals surface area contributed by atoms with Crippen LogP contribution in [0.5, 0.6) is 0 Å². The van der Waals surface area contributed by atoms with Crippen molar-refractivity contribution in [3.8, 4) is 0 Å². The van der Waals surface area contributed by atoms with Crippen LogP contribution >= 0.6 is 0 Å². The van der Waals surface area contributed by atoms with Gasteiger partial charge >= 0.3 is 0 Å². The first-order valence-electron chi connectivity index (χ1n) is 39.2. The number of amides is 3. The van der Waals surface area contributed by atoms with Crippen molar-refractivity contribution in [3.63, 3.8) is 0 Å². The first-order valence-corrected chi connectivity index (χ1v) is 39.2. The molecule has 0 aromatic heterocycles. The van der Waals surface area contributed by atoms with E-state index in [9.17, 15) is 127 Å². The molecule has 0 unspecified atom stereocenters. The topological polar surface area (TPSA) is 680 Å². The van der Waals surface area contributed by atoms with Crippen LogP contribution in [-0.2, 0) is 90.2 Å². The minimum absolute atomic E-state index is 0.319. The molecule has 8 rings (SSSR count). The predicted molar refractivity (Wildman–Crippen MR) is 378 cm³/mol. The zero-order valence-corrected chi connectivity index (χ0v) is 64.5. The molecular formula is C71H123N3O41. The highest BCUT2D eigenvalue weighted by Crippen LogP contribution is 2.41. The van der Waals surface area contributed by atoms with E-state index < -0.39 is 316 Å². The van der Waals surface area contributed by atoms with Crippen molar-refractivity contribution in [1.29, 1.82) is 0 Å². The van der Waals surface area contributed by atoms with Crippen LogP contribution in [0.4, 0.5) is 0 Å². The summed E-state index contributed by atoms with van der Waals surface area (Å²) in [6.45, 7) is -0.490. The zero-order chi connectivity index (χ0) is 84.4. The van der Waals surface area contributed by atoms with E-state index in [4.69, 9.17) is 75.8 Å². The van der Waals surface area contributed by atoms with Crippen molar-refractivity contribution in [2.24, 2.45) is 0 Å². The number of allylic oxidation sites excluding steroid dienone is 1. The van der Waals surface area contributed by atoms with Crippen LogP contribution in [0.1, 0.15) is 112 Å². The van der Waals surface area contributed by atoms with Gasteiger partial charge in [-0.3, -0.25) is 14.4 Å². The number of hydrogen-bond acceptors (Lipinski definition) is 41. The summed E-state index contributed by atoms with van der Waals surface area (Å²) in [5.41, 5.74) is 0. The first-order chi connectivity index (χ1) is 54.8. The third-order valence-corrected chi connectivity index (χ3v) is 21.8. The minimum Gasteiger partial charge on any atom is -0.394 e. The lowest BCUT2D eigenvalue weighted by molar-refractivity contribution is -0.406. The normalized spacial score (nSPS) is 44.6. The molecule has 0 spiro atoms. The highest BCUT2D eigenvalue weighted by Gasteiger charge is 2.61. The van der Waals surface area contributed by atoms with Gasteiger partial charge in [-0.15, -0.1) is 0 Å². The summed E-state index contributed by atoms with van der Waals surface area (Å²) >= 11 is 0. The number of hydrogen-bond donors (Lipinski definition) is 25. The number of carbonyl (C=O) groups excluding carboxylic acids is 3. The van der Waals surface area contributed by atoms with E-state index in [1.54, 1.807) is 6.08 Å². The number of ether oxygens (including phenoxy) is 16. The Balaban J connectivity index is 1.01. The van der Waals surface area contributed by atoms with Crippen LogP contribution < -0.4 is 16.0 Å². The molecular weight excluding hydrogens is 1550 g/mol. The Morgan fingerprint density at radius 2 is 0.722 bits per heavy atom. The lowest BCUT2D eigenvalue weighted by Crippen LogP contribution is -2.71. The fourth-order valence-electron chi connectivity index (χ4n) is 15.1. The second-order valence-corrected chi connectivity index (χ2v) is 30.3. The Morgan fingerprint density at radius 3 is 1.24 bits per heavy atom. The molecule has 8 heterocycles. The zero-order valence-electron chi connectivity index (χ0n) is 64.5. The number of aliphatic hydroxyl groups excluding tert-OH is 22. The molecule has 668 valence electrons. The molecule has 8 fully saturated rings. The second kappa shape index (κ2) is 46.2. The van der Waals surface area contributed by atoms with Crippen molar-refractivity contribution in [2.75, 3.05) is 46.2 Å². The van der Waals surface area contributed by atoms with Crippen molar-refractivity contribution in [2.45, 2.75) is 369 Å². The number of carbonyl (C=O) groups is 3. The van der Waals surface area contributed by atoms with Crippen LogP contribution in [0.25, 0.3) is 0 Å². The molecule has 8 aliphatic rings. The smallest absolute Gasteiger partial charge is 0.217 e. The molecule has 0 bridgehead atoms. The predicted octanol–water partition coefficient (Wildman–Crippen LogP) is -11.4. The van der Waals surface area contributed by atoms with Gasteiger partial charge in [-0.05, 0) is 26.7 Å². The number of nitrogens with one attached hydrogen (secondary N) is 3. The van der Waals surface area contributed by atoms with Crippen LogP contribution in [0.2, 0.25) is 0 Å². The molecule has 115 heavy (non-hydrogen) atoms. The van der Waals surface area contributed by atoms with Crippen LogP contribution in [0.15, 0.2) is 12.2 Å². The fraction of sp³-hybridized carbons (Fsp3) is 0.930. The summed E-state index contributed by atoms with van der Waals surface area (Å²) in [7, 11) is 0. The molecule has 0 aromatic carbocycles. The van der Waals surface area contributed by atoms with E-state index >= 15 is 0 Å². The third kappa shape index (κ3) is 24.3. The van der Waals surface area contributed by atoms with Crippen LogP contribution in [0, 0.1) is 0 Å². The highest BCUT2D eigenvalue weighted by molar-refractivity contribution is 5.73. The van der Waals surface area contributed by atoms with Gasteiger partial charge in [0.1, 0.15) is 183 Å². The molecule has 8 aliphatic heterocycles. The van der Waals surface area contributed by atoms with E-state index in [2.05, 4.69) is 22.9 Å². The third-order valence-electron chi connectivity index (χ3n) is 21.8. The minimum atomic E-state index is -2.31. The molecule has 0 radical (unpaired) electrons. The molecule has 0 aromatic rings. The van der Waals surface area contributed by atoms with Crippen LogP contribution in [-0.4, -0.2) is 434 Å². The average Bonchev–Trinajstić information content (AvgIpc) is 0.760. The first kappa shape index (κ1) is 97.1. The standard InChI is InChI=1S/C71H123N3O41/c1-6-7-8-9-10-11-12-13-14-15-16-17-18-19-33(84)32(72-27-81)26-100-66-55(98)52(95)58(39(25-80)108-66)109-69-56(99)60(46(89)36(22-77)104-69)112-64-40(73-30(4)82)48(91)57(38(24-79)107-64)110-71-63(115-68-54(97)50(93)43(86)29(3)102-68)61(47(90)37(23-78)106-71)113-65-41(74-31(5)83)59(45(88)35(21-76)103-65)111-70-62(51(94)44(87)34(20-75)105-70)114-67-53(96)49(92)42(85)28(2)101-67/h18-19,27-29,32-71,75-80,84-99H,6-17,20-26H2,1-5H3,(H,72,81)(H,73,82)(H,74,83)/b19-18+/t28-,29-,32-,33+,34+,35+,36+,37+,38+,39+,40+,41+,42+,43+,44-,45-,46-,47-,48+,49+,50+,51-,52+,53-,54-,55+,56+,57+,58+,59+,60-,61-,62+,63+,64-,65+,66+,67-,68-,69-,70-,71-/m0/s1. The van der Waals surface area contributed by atoms with E-state index in [-0.39, 0.29) is 0 Å². The van der Waals surface area contributed by atoms with Gasteiger partial charge in [-0.1, -0.05) is 83.3 Å². The van der Waals surface area contributed by atoms with Gasteiger partial charge in [0.25, 0.3) is 0 Å². The summed E-state index contributed by atoms with van der Waals surface area (Å²) in [4.78, 5) is 38.2. The number of aliphatic hydroxyl groups is 22. The maximum atomic E-state index is 13.3. The van der Waals surface area contributed by atoms with Gasteiger partial charge in [0.15, 0.2) is 50.3 Å². The van der Waals surface area contributed by atoms with Crippen molar-refractivity contribution >= 4 is 18.2 Å². The quantitative estimate of drug-likeness (QED) is 0.0154. The van der Waals surface area contributed by atoms with Gasteiger partial charge in [-0.2, -0.15) is 0 Å². The van der Waals surface area contributed by atoms with E-state index in [1.807, 2.05) is 0 Å². The van der Waals surface area contributed by atoms with Gasteiger partial charge in [0.05, 0.1) is 70.6 Å². The maximum absolute atomic E-state index is 13.3. The lowest BCUT2D eigenvalue weighted by Gasteiger charge is -2.52. The van der Waals surface area contributed by atoms with E-state index in [0.29, 0.717) is 12.8 Å². The Labute approximate surface area is 662 Å². The monoisotopic (exact) mass is 1670 g/mol. The SMILES string of the molecule is CCCCCCCCCCCCC/C=C/[C@@H](O)[C@H](CO[C@@H]1O[C@H](CO)[C@@H](O[C@@H]2O[C@H](CO)[C@H](O)[C@H](O[C@@H]3O[C@H](CO)[C@@H](O[C@@H]4O[C@H](CO)[C@H](O)[C@H](O[C@H]5O[C@H](CO)[C@H](O)[C@H](O[C@@H]6O[C@H](CO)[C@H](O)[C@H](O)[C@H]6O[C@@H]6O[C@@H](C)[C@@H](O)[C@@H](O)[C@@H]6O)[C@H]5NC(C)=O)[C@H]4O[C@@H]4O[C@@H](C)[C@@H](O)[C@@H](O)[C@@H]4O)[C@H](O)[C@H]3NC(C)=O)[C@H]2O)[C@H](O)[C@H]1O)NC=O. The van der Waals surface area contributed by atoms with Gasteiger partial charge in [-0.25, -0.2) is 0 Å². The molecule has 3 amide bonds. The van der Waals surface area contributed by atoms with Crippen molar-refractivity contribution < 1.29 is 203 Å². The summed E-state index contributed by atoms with van der Waals surface area (Å²) < 4.78 is 96.0. The van der Waals surface area contributed by atoms with Gasteiger partial charge in [0, 0.05) is 13.8 Å². The Hall–Kier alpha value is -3.37. The van der Waals surface area contributed by atoms with Crippen LogP contribution in [0.3, 0.4) is 0 Å². The molecule has 0 saturated carbocycles. The Morgan fingerprint density at radius 1 is 0.357 bits per heavy atom. The van der Waals surface area contributed by atoms with Crippen molar-refractivity contribution in [3.05, 3.63) is 12.2 Å². The fourth-order valence-corrected chi connectivity index (χ4v) is 15.1. The van der Waals surface area contributed by atoms with E-state index in [0.717, 1.165) is 39.5 Å². The Kier molecular flexibility index (Phi) is 39.0.